The predicted octanol–water partition coefficient (Wildman–Crippen LogP) is 2.72. The number of para-hydroxylation sites is 1. The number of hydrogen-bond acceptors (Lipinski definition) is 4. The monoisotopic (exact) mass is 376 g/mol. The summed E-state index contributed by atoms with van der Waals surface area (Å²) in [6, 6.07) is 13.6. The molecule has 2 aromatic rings. The lowest BCUT2D eigenvalue weighted by molar-refractivity contribution is -0.120. The van der Waals surface area contributed by atoms with Crippen molar-refractivity contribution in [3.8, 4) is 5.75 Å². The van der Waals surface area contributed by atoms with Crippen LogP contribution in [0, 0.1) is 6.92 Å². The number of ether oxygens (including phenoxy) is 1. The average molecular weight is 376 g/mol. The molecule has 6 nitrogen and oxygen atoms in total. The molecule has 1 N–H and O–H groups in total. The maximum absolute atomic E-state index is 12.3. The molecular weight excluding hydrogens is 352 g/mol. The summed E-state index contributed by atoms with van der Waals surface area (Å²) in [5.74, 6) is 0.275. The highest BCUT2D eigenvalue weighted by Gasteiger charge is 2.17. The van der Waals surface area contributed by atoms with Gasteiger partial charge >= 0.3 is 0 Å². The Kier molecular flexibility index (Phi) is 6.39. The molecule has 0 saturated heterocycles. The van der Waals surface area contributed by atoms with Crippen LogP contribution < -0.4 is 14.4 Å². The lowest BCUT2D eigenvalue weighted by Gasteiger charge is -2.18. The van der Waals surface area contributed by atoms with Gasteiger partial charge in [-0.3, -0.25) is 4.79 Å². The van der Waals surface area contributed by atoms with Crippen molar-refractivity contribution in [2.45, 2.75) is 31.7 Å². The van der Waals surface area contributed by atoms with Crippen LogP contribution in [0.1, 0.15) is 19.4 Å². The van der Waals surface area contributed by atoms with Crippen molar-refractivity contribution in [1.29, 1.82) is 0 Å². The van der Waals surface area contributed by atoms with E-state index in [1.165, 1.54) is 17.0 Å². The van der Waals surface area contributed by atoms with Gasteiger partial charge in [0.05, 0.1) is 4.90 Å². The van der Waals surface area contributed by atoms with Gasteiger partial charge in [0, 0.05) is 18.8 Å². The van der Waals surface area contributed by atoms with Gasteiger partial charge in [-0.25, -0.2) is 13.1 Å². The van der Waals surface area contributed by atoms with Crippen molar-refractivity contribution < 1.29 is 17.9 Å². The molecule has 0 fully saturated rings. The van der Waals surface area contributed by atoms with Gasteiger partial charge in [-0.05, 0) is 56.7 Å². The van der Waals surface area contributed by atoms with Crippen molar-refractivity contribution in [2.24, 2.45) is 0 Å². The molecule has 0 radical (unpaired) electrons. The summed E-state index contributed by atoms with van der Waals surface area (Å²) in [5, 5.41) is 0. The van der Waals surface area contributed by atoms with Crippen molar-refractivity contribution in [3.63, 3.8) is 0 Å². The van der Waals surface area contributed by atoms with Gasteiger partial charge in [0.2, 0.25) is 10.0 Å². The van der Waals surface area contributed by atoms with Crippen molar-refractivity contribution in [3.05, 3.63) is 54.1 Å². The Morgan fingerprint density at radius 2 is 1.81 bits per heavy atom. The molecule has 2 rings (SSSR count). The molecule has 0 atom stereocenters. The second-order valence-electron chi connectivity index (χ2n) is 6.28. The van der Waals surface area contributed by atoms with Gasteiger partial charge in [-0.2, -0.15) is 0 Å². The number of nitrogens with zero attached hydrogens (tertiary/aromatic N) is 1. The predicted molar refractivity (Wildman–Crippen MR) is 102 cm³/mol. The molecule has 0 unspecified atom stereocenters. The highest BCUT2D eigenvalue weighted by Crippen LogP contribution is 2.22. The largest absolute Gasteiger partial charge is 0.483 e. The molecule has 0 aromatic heterocycles. The number of likely N-dealkylation sites (N-methyl/N-ethyl adjacent to an activating group) is 1. The number of carbonyl (C=O) groups excluding carboxylic acids is 1. The topological polar surface area (TPSA) is 75.7 Å². The molecule has 0 saturated carbocycles. The maximum Gasteiger partial charge on any atom is 0.264 e. The van der Waals surface area contributed by atoms with Gasteiger partial charge in [0.25, 0.3) is 5.91 Å². The first-order chi connectivity index (χ1) is 12.2. The molecule has 0 aliphatic rings. The van der Waals surface area contributed by atoms with E-state index in [1.54, 1.807) is 33.9 Å². The lowest BCUT2D eigenvalue weighted by Crippen LogP contribution is -2.31. The number of nitrogens with one attached hydrogen (secondary N) is 1. The number of aryl methyl sites for hydroxylation is 1. The Morgan fingerprint density at radius 1 is 1.15 bits per heavy atom. The van der Waals surface area contributed by atoms with Crippen LogP contribution in [-0.4, -0.2) is 34.0 Å². The average Bonchev–Trinajstić information content (AvgIpc) is 2.59. The minimum absolute atomic E-state index is 0.136. The Labute approximate surface area is 154 Å². The van der Waals surface area contributed by atoms with E-state index in [-0.39, 0.29) is 23.5 Å². The highest BCUT2D eigenvalue weighted by molar-refractivity contribution is 7.89. The van der Waals surface area contributed by atoms with Gasteiger partial charge in [0.15, 0.2) is 6.61 Å². The first-order valence-corrected chi connectivity index (χ1v) is 9.76. The maximum atomic E-state index is 12.3. The van der Waals surface area contributed by atoms with E-state index in [2.05, 4.69) is 4.72 Å². The summed E-state index contributed by atoms with van der Waals surface area (Å²) < 4.78 is 32.5. The fraction of sp³-hybridized carbons (Fsp3) is 0.316. The molecular formula is C19H24N2O4S. The molecule has 0 aliphatic carbocycles. The number of benzene rings is 2. The van der Waals surface area contributed by atoms with Crippen LogP contribution in [0.4, 0.5) is 5.69 Å². The van der Waals surface area contributed by atoms with Crippen molar-refractivity contribution >= 4 is 21.6 Å². The van der Waals surface area contributed by atoms with Crippen LogP contribution >= 0.6 is 0 Å². The number of rotatable bonds is 7. The Morgan fingerprint density at radius 3 is 2.38 bits per heavy atom. The van der Waals surface area contributed by atoms with E-state index >= 15 is 0 Å². The van der Waals surface area contributed by atoms with Gasteiger partial charge in [-0.1, -0.05) is 18.2 Å². The second kappa shape index (κ2) is 8.33. The molecule has 140 valence electrons. The van der Waals surface area contributed by atoms with Gasteiger partial charge < -0.3 is 9.64 Å². The molecule has 0 heterocycles. The number of carbonyl (C=O) groups is 1. The summed E-state index contributed by atoms with van der Waals surface area (Å²) in [6.07, 6.45) is 0. The number of anilines is 1. The molecule has 0 bridgehead atoms. The summed E-state index contributed by atoms with van der Waals surface area (Å²) >= 11 is 0. The fourth-order valence-corrected chi connectivity index (χ4v) is 3.70. The third-order valence-electron chi connectivity index (χ3n) is 3.72. The summed E-state index contributed by atoms with van der Waals surface area (Å²) in [4.78, 5) is 14.0. The third-order valence-corrected chi connectivity index (χ3v) is 5.37. The van der Waals surface area contributed by atoms with E-state index in [0.717, 1.165) is 5.69 Å². The number of sulfonamides is 1. The molecule has 0 aliphatic heterocycles. The van der Waals surface area contributed by atoms with E-state index in [4.69, 9.17) is 4.74 Å². The first-order valence-electron chi connectivity index (χ1n) is 8.28. The number of amides is 1. The lowest BCUT2D eigenvalue weighted by atomic mass is 10.2. The second-order valence-corrected chi connectivity index (χ2v) is 7.99. The zero-order valence-electron chi connectivity index (χ0n) is 15.4. The zero-order valence-corrected chi connectivity index (χ0v) is 16.2. The van der Waals surface area contributed by atoms with Gasteiger partial charge in [0.1, 0.15) is 5.75 Å². The van der Waals surface area contributed by atoms with Crippen LogP contribution in [-0.2, 0) is 14.8 Å². The van der Waals surface area contributed by atoms with Crippen LogP contribution in [0.25, 0.3) is 0 Å². The van der Waals surface area contributed by atoms with Crippen LogP contribution in [0.2, 0.25) is 0 Å². The Balaban J connectivity index is 2.06. The summed E-state index contributed by atoms with van der Waals surface area (Å²) in [7, 11) is -1.88. The smallest absolute Gasteiger partial charge is 0.264 e. The van der Waals surface area contributed by atoms with E-state index < -0.39 is 10.0 Å². The molecule has 1 amide bonds. The number of hydrogen-bond donors (Lipinski definition) is 1. The SMILES string of the molecule is Cc1cc(S(=O)(=O)NC(C)C)ccc1OCC(=O)N(C)c1ccccc1. The molecule has 2 aromatic carbocycles. The van der Waals surface area contributed by atoms with E-state index in [0.29, 0.717) is 11.3 Å². The van der Waals surface area contributed by atoms with Crippen molar-refractivity contribution in [2.75, 3.05) is 18.6 Å². The highest BCUT2D eigenvalue weighted by atomic mass is 32.2. The molecule has 26 heavy (non-hydrogen) atoms. The minimum Gasteiger partial charge on any atom is -0.483 e. The van der Waals surface area contributed by atoms with Crippen LogP contribution in [0.5, 0.6) is 5.75 Å². The fourth-order valence-electron chi connectivity index (χ4n) is 2.36. The quantitative estimate of drug-likeness (QED) is 0.806. The van der Waals surface area contributed by atoms with Gasteiger partial charge in [-0.15, -0.1) is 0 Å². The third kappa shape index (κ3) is 5.06. The minimum atomic E-state index is -3.56. The van der Waals surface area contributed by atoms with Crippen molar-refractivity contribution in [1.82, 2.24) is 4.72 Å². The van der Waals surface area contributed by atoms with E-state index in [9.17, 15) is 13.2 Å². The zero-order chi connectivity index (χ0) is 19.3. The molecule has 0 spiro atoms. The summed E-state index contributed by atoms with van der Waals surface area (Å²) in [6.45, 7) is 5.13. The van der Waals surface area contributed by atoms with Crippen LogP contribution in [0.3, 0.4) is 0 Å². The normalized spacial score (nSPS) is 11.4. The Bertz CT molecular complexity index is 864. The van der Waals surface area contributed by atoms with Crippen LogP contribution in [0.15, 0.2) is 53.4 Å². The standard InChI is InChI=1S/C19H24N2O4S/c1-14(2)20-26(23,24)17-10-11-18(15(3)12-17)25-13-19(22)21(4)16-8-6-5-7-9-16/h5-12,14,20H,13H2,1-4H3. The molecule has 7 heteroatoms. The first kappa shape index (κ1) is 19.9. The Hall–Kier alpha value is -2.38. The van der Waals surface area contributed by atoms with E-state index in [1.807, 2.05) is 30.3 Å². The summed E-state index contributed by atoms with van der Waals surface area (Å²) in [5.41, 5.74) is 1.42.